The third kappa shape index (κ3) is 4.70. The Morgan fingerprint density at radius 1 is 1.04 bits per heavy atom. The van der Waals surface area contributed by atoms with Gasteiger partial charge < -0.3 is 15.1 Å². The van der Waals surface area contributed by atoms with Crippen molar-refractivity contribution in [2.75, 3.05) is 43.4 Å². The fraction of sp³-hybridized carbons (Fsp3) is 0.286. The fourth-order valence-corrected chi connectivity index (χ4v) is 2.94. The summed E-state index contributed by atoms with van der Waals surface area (Å²) in [5.41, 5.74) is 4.10. The Morgan fingerprint density at radius 3 is 2.32 bits per heavy atom. The number of rotatable bonds is 5. The van der Waals surface area contributed by atoms with Crippen molar-refractivity contribution in [3.63, 3.8) is 0 Å². The molecular weight excluding hydrogens is 310 g/mol. The Bertz CT molecular complexity index is 727. The maximum absolute atomic E-state index is 12.3. The molecule has 25 heavy (non-hydrogen) atoms. The van der Waals surface area contributed by atoms with Crippen LogP contribution in [0.1, 0.15) is 15.9 Å². The van der Waals surface area contributed by atoms with E-state index in [2.05, 4.69) is 36.3 Å². The van der Waals surface area contributed by atoms with Gasteiger partial charge in [-0.2, -0.15) is 0 Å². The molecule has 0 bridgehead atoms. The minimum atomic E-state index is 0.00832. The molecule has 0 atom stereocenters. The van der Waals surface area contributed by atoms with Crippen molar-refractivity contribution in [1.29, 1.82) is 0 Å². The SMILES string of the molecule is Cc1ccc(N/C=C/C(=O)c2ccc(N3CC[NH+](C)CC3)cc2)cc1. The van der Waals surface area contributed by atoms with Crippen molar-refractivity contribution in [2.45, 2.75) is 6.92 Å². The van der Waals surface area contributed by atoms with Crippen LogP contribution in [0, 0.1) is 6.92 Å². The van der Waals surface area contributed by atoms with Gasteiger partial charge in [0.15, 0.2) is 5.78 Å². The number of quaternary nitrogens is 1. The van der Waals surface area contributed by atoms with Gasteiger partial charge in [0, 0.05) is 29.2 Å². The maximum Gasteiger partial charge on any atom is 0.187 e. The Balaban J connectivity index is 1.57. The molecule has 3 rings (SSSR count). The van der Waals surface area contributed by atoms with Gasteiger partial charge in [0.05, 0.1) is 33.2 Å². The predicted octanol–water partition coefficient (Wildman–Crippen LogP) is 2.14. The van der Waals surface area contributed by atoms with Crippen LogP contribution >= 0.6 is 0 Å². The van der Waals surface area contributed by atoms with E-state index in [1.54, 1.807) is 17.2 Å². The zero-order valence-electron chi connectivity index (χ0n) is 15.0. The highest BCUT2D eigenvalue weighted by molar-refractivity contribution is 6.04. The second kappa shape index (κ2) is 7.99. The van der Waals surface area contributed by atoms with Crippen molar-refractivity contribution < 1.29 is 9.69 Å². The zero-order chi connectivity index (χ0) is 17.6. The van der Waals surface area contributed by atoms with Crippen LogP contribution < -0.4 is 15.1 Å². The molecule has 0 radical (unpaired) electrons. The molecule has 1 aliphatic heterocycles. The number of nitrogens with one attached hydrogen (secondary N) is 2. The van der Waals surface area contributed by atoms with E-state index in [4.69, 9.17) is 0 Å². The van der Waals surface area contributed by atoms with E-state index in [-0.39, 0.29) is 5.78 Å². The molecule has 130 valence electrons. The summed E-state index contributed by atoms with van der Waals surface area (Å²) >= 11 is 0. The van der Waals surface area contributed by atoms with Crippen LogP contribution in [0.25, 0.3) is 0 Å². The monoisotopic (exact) mass is 336 g/mol. The Morgan fingerprint density at radius 2 is 1.68 bits per heavy atom. The first-order valence-electron chi connectivity index (χ1n) is 8.82. The van der Waals surface area contributed by atoms with E-state index in [0.29, 0.717) is 5.56 Å². The summed E-state index contributed by atoms with van der Waals surface area (Å²) in [4.78, 5) is 16.2. The van der Waals surface area contributed by atoms with Crippen LogP contribution in [0.4, 0.5) is 11.4 Å². The van der Waals surface area contributed by atoms with Gasteiger partial charge in [-0.05, 0) is 43.3 Å². The highest BCUT2D eigenvalue weighted by Crippen LogP contribution is 2.16. The summed E-state index contributed by atoms with van der Waals surface area (Å²) in [6.45, 7) is 6.51. The number of piperazine rings is 1. The first kappa shape index (κ1) is 17.2. The first-order chi connectivity index (χ1) is 12.1. The molecule has 2 aromatic carbocycles. The molecule has 2 aromatic rings. The lowest BCUT2D eigenvalue weighted by atomic mass is 10.1. The van der Waals surface area contributed by atoms with Crippen molar-refractivity contribution in [3.8, 4) is 0 Å². The van der Waals surface area contributed by atoms with Crippen LogP contribution in [0.2, 0.25) is 0 Å². The molecule has 0 aromatic heterocycles. The first-order valence-corrected chi connectivity index (χ1v) is 8.82. The Labute approximate surface area is 149 Å². The normalized spacial score (nSPS) is 15.5. The van der Waals surface area contributed by atoms with E-state index >= 15 is 0 Å². The van der Waals surface area contributed by atoms with Crippen molar-refractivity contribution in [1.82, 2.24) is 0 Å². The fourth-order valence-electron chi connectivity index (χ4n) is 2.94. The smallest absolute Gasteiger partial charge is 0.187 e. The topological polar surface area (TPSA) is 36.8 Å². The number of hydrogen-bond donors (Lipinski definition) is 2. The molecule has 1 saturated heterocycles. The van der Waals surface area contributed by atoms with Gasteiger partial charge in [-0.15, -0.1) is 0 Å². The van der Waals surface area contributed by atoms with Gasteiger partial charge in [-0.3, -0.25) is 4.79 Å². The Hall–Kier alpha value is -2.59. The van der Waals surface area contributed by atoms with Gasteiger partial charge in [0.1, 0.15) is 0 Å². The van der Waals surface area contributed by atoms with E-state index in [1.165, 1.54) is 11.3 Å². The number of ketones is 1. The van der Waals surface area contributed by atoms with Crippen LogP contribution in [0.3, 0.4) is 0 Å². The van der Waals surface area contributed by atoms with Gasteiger partial charge >= 0.3 is 0 Å². The third-order valence-corrected chi connectivity index (χ3v) is 4.67. The number of nitrogens with zero attached hydrogens (tertiary/aromatic N) is 1. The maximum atomic E-state index is 12.3. The van der Waals surface area contributed by atoms with Crippen LogP contribution in [0.15, 0.2) is 60.8 Å². The van der Waals surface area contributed by atoms with Gasteiger partial charge in [-0.25, -0.2) is 0 Å². The van der Waals surface area contributed by atoms with Crippen molar-refractivity contribution >= 4 is 17.2 Å². The lowest BCUT2D eigenvalue weighted by Gasteiger charge is -2.31. The lowest BCUT2D eigenvalue weighted by Crippen LogP contribution is -3.12. The lowest BCUT2D eigenvalue weighted by molar-refractivity contribution is -0.880. The van der Waals surface area contributed by atoms with Crippen LogP contribution in [0.5, 0.6) is 0 Å². The molecular formula is C21H26N3O+. The molecule has 0 aliphatic carbocycles. The number of benzene rings is 2. The second-order valence-corrected chi connectivity index (χ2v) is 6.70. The second-order valence-electron chi connectivity index (χ2n) is 6.70. The minimum absolute atomic E-state index is 0.00832. The molecule has 0 unspecified atom stereocenters. The molecule has 0 saturated carbocycles. The average Bonchev–Trinajstić information content (AvgIpc) is 2.64. The highest BCUT2D eigenvalue weighted by atomic mass is 16.1. The number of carbonyl (C=O) groups excluding carboxylic acids is 1. The predicted molar refractivity (Wildman–Crippen MR) is 104 cm³/mol. The van der Waals surface area contributed by atoms with E-state index in [1.807, 2.05) is 36.4 Å². The Kier molecular flexibility index (Phi) is 5.51. The summed E-state index contributed by atoms with van der Waals surface area (Å²) in [6.07, 6.45) is 3.28. The largest absolute Gasteiger partial charge is 0.362 e. The van der Waals surface area contributed by atoms with Gasteiger partial charge in [-0.1, -0.05) is 17.7 Å². The van der Waals surface area contributed by atoms with Crippen LogP contribution in [-0.4, -0.2) is 39.0 Å². The molecule has 1 fully saturated rings. The van der Waals surface area contributed by atoms with Crippen LogP contribution in [-0.2, 0) is 0 Å². The minimum Gasteiger partial charge on any atom is -0.362 e. The van der Waals surface area contributed by atoms with Gasteiger partial charge in [0.25, 0.3) is 0 Å². The standard InChI is InChI=1S/C21H25N3O/c1-17-3-7-19(8-4-17)22-12-11-21(25)18-5-9-20(10-6-18)24-15-13-23(2)14-16-24/h3-12,22H,13-16H2,1-2H3/p+1/b12-11+. The molecule has 0 amide bonds. The number of anilines is 2. The summed E-state index contributed by atoms with van der Waals surface area (Å²) in [5, 5.41) is 3.13. The van der Waals surface area contributed by atoms with Crippen molar-refractivity contribution in [2.24, 2.45) is 0 Å². The van der Waals surface area contributed by atoms with E-state index in [0.717, 1.165) is 31.9 Å². The highest BCUT2D eigenvalue weighted by Gasteiger charge is 2.16. The quantitative estimate of drug-likeness (QED) is 0.649. The summed E-state index contributed by atoms with van der Waals surface area (Å²) < 4.78 is 0. The van der Waals surface area contributed by atoms with E-state index in [9.17, 15) is 4.79 Å². The zero-order valence-corrected chi connectivity index (χ0v) is 15.0. The molecule has 1 heterocycles. The average molecular weight is 336 g/mol. The molecule has 1 aliphatic rings. The molecule has 0 spiro atoms. The summed E-state index contributed by atoms with van der Waals surface area (Å²) in [6, 6.07) is 16.0. The molecule has 4 heteroatoms. The molecule has 4 nitrogen and oxygen atoms in total. The number of aryl methyl sites for hydroxylation is 1. The summed E-state index contributed by atoms with van der Waals surface area (Å²) in [7, 11) is 2.23. The number of hydrogen-bond acceptors (Lipinski definition) is 3. The summed E-state index contributed by atoms with van der Waals surface area (Å²) in [5.74, 6) is 0.00832. The van der Waals surface area contributed by atoms with Crippen molar-refractivity contribution in [3.05, 3.63) is 71.9 Å². The van der Waals surface area contributed by atoms with Gasteiger partial charge in [0.2, 0.25) is 0 Å². The van der Waals surface area contributed by atoms with E-state index < -0.39 is 0 Å². The number of likely N-dealkylation sites (N-methyl/N-ethyl adjacent to an activating group) is 1. The number of allylic oxidation sites excluding steroid dienone is 1. The third-order valence-electron chi connectivity index (χ3n) is 4.67. The molecule has 2 N–H and O–H groups in total. The number of carbonyl (C=O) groups is 1.